The Kier molecular flexibility index (Phi) is 6.12. The van der Waals surface area contributed by atoms with Crippen LogP contribution in [0.5, 0.6) is 0 Å². The van der Waals surface area contributed by atoms with Gasteiger partial charge in [-0.05, 0) is 12.1 Å². The lowest BCUT2D eigenvalue weighted by molar-refractivity contribution is -0.147. The molecule has 9 nitrogen and oxygen atoms in total. The van der Waals surface area contributed by atoms with Crippen LogP contribution in [0.2, 0.25) is 0 Å². The summed E-state index contributed by atoms with van der Waals surface area (Å²) in [5.74, 6) is -0.533. The van der Waals surface area contributed by atoms with E-state index in [1.165, 1.54) is 16.9 Å². The van der Waals surface area contributed by atoms with Gasteiger partial charge in [0.25, 0.3) is 0 Å². The van der Waals surface area contributed by atoms with Crippen LogP contribution in [-0.4, -0.2) is 91.8 Å². The number of hydrogen-bond donors (Lipinski definition) is 1. The van der Waals surface area contributed by atoms with E-state index in [1.54, 1.807) is 17.0 Å². The maximum absolute atomic E-state index is 12.8. The Balaban J connectivity index is 1.67. The van der Waals surface area contributed by atoms with Crippen LogP contribution in [0.3, 0.4) is 0 Å². The number of ether oxygens (including phenoxy) is 2. The molecule has 0 spiro atoms. The van der Waals surface area contributed by atoms with Crippen LogP contribution < -0.4 is 5.32 Å². The highest BCUT2D eigenvalue weighted by Gasteiger charge is 2.39. The normalized spacial score (nSPS) is 20.2. The van der Waals surface area contributed by atoms with Crippen LogP contribution in [0.15, 0.2) is 30.3 Å². The zero-order valence-electron chi connectivity index (χ0n) is 15.3. The van der Waals surface area contributed by atoms with E-state index in [9.17, 15) is 14.4 Å². The first-order valence-corrected chi connectivity index (χ1v) is 8.92. The number of carbonyl (C=O) groups is 3. The summed E-state index contributed by atoms with van der Waals surface area (Å²) in [6.45, 7) is 2.62. The third-order valence-electron chi connectivity index (χ3n) is 4.69. The van der Waals surface area contributed by atoms with Gasteiger partial charge in [-0.3, -0.25) is 0 Å². The molecule has 2 fully saturated rings. The van der Waals surface area contributed by atoms with Crippen molar-refractivity contribution >= 4 is 23.7 Å². The largest absolute Gasteiger partial charge is 0.467 e. The summed E-state index contributed by atoms with van der Waals surface area (Å²) in [6, 6.07) is 7.71. The molecule has 2 aliphatic rings. The molecule has 1 N–H and O–H groups in total. The molecular formula is C18H24N4O5. The minimum Gasteiger partial charge on any atom is -0.467 e. The first kappa shape index (κ1) is 19.0. The summed E-state index contributed by atoms with van der Waals surface area (Å²) in [5, 5.41) is 2.80. The second-order valence-electron chi connectivity index (χ2n) is 6.36. The zero-order chi connectivity index (χ0) is 19.2. The molecule has 27 heavy (non-hydrogen) atoms. The molecule has 2 aliphatic heterocycles. The number of piperazine rings is 1. The Hall–Kier alpha value is -2.81. The predicted octanol–water partition coefficient (Wildman–Crippen LogP) is 0.830. The monoisotopic (exact) mass is 376 g/mol. The fourth-order valence-corrected chi connectivity index (χ4v) is 3.19. The summed E-state index contributed by atoms with van der Waals surface area (Å²) >= 11 is 0. The number of nitrogens with zero attached hydrogens (tertiary/aromatic N) is 3. The van der Waals surface area contributed by atoms with Gasteiger partial charge in [-0.2, -0.15) is 0 Å². The second kappa shape index (κ2) is 8.72. The molecule has 0 saturated carbocycles. The lowest BCUT2D eigenvalue weighted by Crippen LogP contribution is -2.63. The van der Waals surface area contributed by atoms with Gasteiger partial charge >= 0.3 is 18.0 Å². The summed E-state index contributed by atoms with van der Waals surface area (Å²) < 4.78 is 10.1. The maximum atomic E-state index is 12.8. The van der Waals surface area contributed by atoms with Gasteiger partial charge in [0.05, 0.1) is 26.9 Å². The number of carbonyl (C=O) groups excluding carboxylic acids is 3. The van der Waals surface area contributed by atoms with E-state index < -0.39 is 12.0 Å². The zero-order valence-corrected chi connectivity index (χ0v) is 15.3. The first-order chi connectivity index (χ1) is 13.1. The summed E-state index contributed by atoms with van der Waals surface area (Å²) in [5.41, 5.74) is 0.670. The van der Waals surface area contributed by atoms with Crippen LogP contribution in [0.4, 0.5) is 15.3 Å². The van der Waals surface area contributed by atoms with Crippen LogP contribution in [0, 0.1) is 0 Å². The Morgan fingerprint density at radius 3 is 2.41 bits per heavy atom. The van der Waals surface area contributed by atoms with Gasteiger partial charge in [-0.1, -0.05) is 18.2 Å². The number of urea groups is 2. The molecule has 0 aromatic heterocycles. The summed E-state index contributed by atoms with van der Waals surface area (Å²) in [7, 11) is 1.28. The number of benzene rings is 1. The molecule has 0 bridgehead atoms. The number of nitrogens with one attached hydrogen (secondary N) is 1. The van der Waals surface area contributed by atoms with Crippen molar-refractivity contribution in [1.29, 1.82) is 0 Å². The van der Waals surface area contributed by atoms with E-state index in [2.05, 4.69) is 5.32 Å². The Bertz CT molecular complexity index is 678. The maximum Gasteiger partial charge on any atom is 0.330 e. The highest BCUT2D eigenvalue weighted by atomic mass is 16.5. The van der Waals surface area contributed by atoms with Crippen molar-refractivity contribution in [3.05, 3.63) is 30.3 Å². The predicted molar refractivity (Wildman–Crippen MR) is 97.3 cm³/mol. The molecule has 2 heterocycles. The van der Waals surface area contributed by atoms with Crippen LogP contribution in [-0.2, 0) is 14.3 Å². The van der Waals surface area contributed by atoms with E-state index in [0.29, 0.717) is 38.5 Å². The number of anilines is 1. The molecule has 3 rings (SSSR count). The van der Waals surface area contributed by atoms with Gasteiger partial charge < -0.3 is 29.5 Å². The highest BCUT2D eigenvalue weighted by Crippen LogP contribution is 2.16. The first-order valence-electron chi connectivity index (χ1n) is 8.92. The van der Waals surface area contributed by atoms with Gasteiger partial charge in [0.15, 0.2) is 0 Å². The molecule has 1 atom stereocenters. The smallest absolute Gasteiger partial charge is 0.330 e. The molecule has 146 valence electrons. The topological polar surface area (TPSA) is 91.4 Å². The quantitative estimate of drug-likeness (QED) is 0.772. The van der Waals surface area contributed by atoms with Crippen LogP contribution in [0.25, 0.3) is 0 Å². The number of morpholine rings is 1. The lowest BCUT2D eigenvalue weighted by Gasteiger charge is -2.42. The van der Waals surface area contributed by atoms with Crippen molar-refractivity contribution < 1.29 is 23.9 Å². The van der Waals surface area contributed by atoms with Crippen molar-refractivity contribution in [1.82, 2.24) is 14.7 Å². The molecule has 0 unspecified atom stereocenters. The highest BCUT2D eigenvalue weighted by molar-refractivity contribution is 5.91. The van der Waals surface area contributed by atoms with Crippen molar-refractivity contribution in [3.8, 4) is 0 Å². The fraction of sp³-hybridized carbons (Fsp3) is 0.500. The molecule has 1 aromatic carbocycles. The third kappa shape index (κ3) is 4.48. The minimum atomic E-state index is -0.833. The van der Waals surface area contributed by atoms with Crippen LogP contribution >= 0.6 is 0 Å². The van der Waals surface area contributed by atoms with E-state index in [-0.39, 0.29) is 25.2 Å². The molecule has 0 radical (unpaired) electrons. The Labute approximate surface area is 157 Å². The van der Waals surface area contributed by atoms with E-state index >= 15 is 0 Å². The van der Waals surface area contributed by atoms with Gasteiger partial charge in [0.1, 0.15) is 6.04 Å². The van der Waals surface area contributed by atoms with Crippen molar-refractivity contribution in [2.24, 2.45) is 0 Å². The Morgan fingerprint density at radius 2 is 1.74 bits per heavy atom. The number of rotatable bonds is 2. The Morgan fingerprint density at radius 1 is 1.04 bits per heavy atom. The average Bonchev–Trinajstić information content (AvgIpc) is 2.73. The van der Waals surface area contributed by atoms with Crippen molar-refractivity contribution in [2.75, 3.05) is 58.4 Å². The second-order valence-corrected chi connectivity index (χ2v) is 6.36. The number of methoxy groups -OCH3 is 1. The van der Waals surface area contributed by atoms with E-state index in [0.717, 1.165) is 0 Å². The van der Waals surface area contributed by atoms with E-state index in [4.69, 9.17) is 9.47 Å². The van der Waals surface area contributed by atoms with Gasteiger partial charge in [0, 0.05) is 31.9 Å². The standard InChI is InChI=1S/C18H24N4O5/c1-26-16(23)15-13-21(17(24)19-14-5-3-2-4-6-14)7-8-22(15)18(25)20-9-11-27-12-10-20/h2-6,15H,7-13H2,1H3,(H,19,24)/t15-/m0/s1. The molecule has 4 amide bonds. The summed E-state index contributed by atoms with van der Waals surface area (Å²) in [6.07, 6.45) is 0. The van der Waals surface area contributed by atoms with Crippen molar-refractivity contribution in [3.63, 3.8) is 0 Å². The molecule has 9 heteroatoms. The summed E-state index contributed by atoms with van der Waals surface area (Å²) in [4.78, 5) is 42.3. The fourth-order valence-electron chi connectivity index (χ4n) is 3.19. The van der Waals surface area contributed by atoms with Crippen LogP contribution in [0.1, 0.15) is 0 Å². The van der Waals surface area contributed by atoms with Gasteiger partial charge in [0.2, 0.25) is 0 Å². The van der Waals surface area contributed by atoms with E-state index in [1.807, 2.05) is 18.2 Å². The number of esters is 1. The molecule has 2 saturated heterocycles. The SMILES string of the molecule is COC(=O)[C@@H]1CN(C(=O)Nc2ccccc2)CCN1C(=O)N1CCOCC1. The molecular weight excluding hydrogens is 352 g/mol. The number of hydrogen-bond acceptors (Lipinski definition) is 5. The number of para-hydroxylation sites is 1. The lowest BCUT2D eigenvalue weighted by atomic mass is 10.1. The number of amides is 4. The van der Waals surface area contributed by atoms with Gasteiger partial charge in [-0.25, -0.2) is 14.4 Å². The average molecular weight is 376 g/mol. The third-order valence-corrected chi connectivity index (χ3v) is 4.69. The molecule has 1 aromatic rings. The van der Waals surface area contributed by atoms with Gasteiger partial charge in [-0.15, -0.1) is 0 Å². The minimum absolute atomic E-state index is 0.0847. The molecule has 0 aliphatic carbocycles. The van der Waals surface area contributed by atoms with Crippen molar-refractivity contribution in [2.45, 2.75) is 6.04 Å².